The second-order valence-electron chi connectivity index (χ2n) is 4.60. The van der Waals surface area contributed by atoms with Gasteiger partial charge in [0.25, 0.3) is 5.56 Å². The number of para-hydroxylation sites is 1. The molecule has 0 fully saturated rings. The van der Waals surface area contributed by atoms with Crippen LogP contribution in [0.4, 0.5) is 17.1 Å². The standard InChI is InChI=1S/C15H18N4O/c1-10(16)12-6-4-5-7-13(12)18-11-8-14(17-2)15(20)19(3)9-11/h4-9,16-18H,1-3H3. The number of nitrogens with zero attached hydrogens (tertiary/aromatic N) is 1. The van der Waals surface area contributed by atoms with Gasteiger partial charge in [-0.3, -0.25) is 4.79 Å². The van der Waals surface area contributed by atoms with Gasteiger partial charge in [0, 0.05) is 37.3 Å². The van der Waals surface area contributed by atoms with Crippen molar-refractivity contribution in [3.05, 3.63) is 52.4 Å². The van der Waals surface area contributed by atoms with Crippen molar-refractivity contribution in [2.45, 2.75) is 6.92 Å². The number of anilines is 3. The number of hydrogen-bond donors (Lipinski definition) is 3. The van der Waals surface area contributed by atoms with E-state index in [1.807, 2.05) is 24.3 Å². The number of nitrogens with one attached hydrogen (secondary N) is 3. The van der Waals surface area contributed by atoms with Crippen LogP contribution >= 0.6 is 0 Å². The van der Waals surface area contributed by atoms with Gasteiger partial charge in [-0.1, -0.05) is 18.2 Å². The smallest absolute Gasteiger partial charge is 0.273 e. The van der Waals surface area contributed by atoms with Crippen LogP contribution in [0.1, 0.15) is 12.5 Å². The minimum absolute atomic E-state index is 0.0745. The molecule has 2 aromatic rings. The van der Waals surface area contributed by atoms with E-state index in [1.54, 1.807) is 33.3 Å². The van der Waals surface area contributed by atoms with Crippen molar-refractivity contribution in [2.24, 2.45) is 7.05 Å². The van der Waals surface area contributed by atoms with E-state index in [0.29, 0.717) is 11.4 Å². The maximum Gasteiger partial charge on any atom is 0.273 e. The van der Waals surface area contributed by atoms with Gasteiger partial charge < -0.3 is 20.6 Å². The third kappa shape index (κ3) is 2.71. The largest absolute Gasteiger partial charge is 0.384 e. The van der Waals surface area contributed by atoms with Gasteiger partial charge in [0.05, 0.1) is 5.69 Å². The number of aryl methyl sites for hydroxylation is 1. The highest BCUT2D eigenvalue weighted by molar-refractivity contribution is 6.01. The minimum Gasteiger partial charge on any atom is -0.384 e. The fourth-order valence-corrected chi connectivity index (χ4v) is 2.03. The Balaban J connectivity index is 2.43. The fourth-order valence-electron chi connectivity index (χ4n) is 2.03. The highest BCUT2D eigenvalue weighted by Gasteiger charge is 2.07. The molecule has 0 spiro atoms. The minimum atomic E-state index is -0.0745. The van der Waals surface area contributed by atoms with Crippen molar-refractivity contribution in [2.75, 3.05) is 17.7 Å². The summed E-state index contributed by atoms with van der Waals surface area (Å²) in [5.74, 6) is 0. The average Bonchev–Trinajstić information content (AvgIpc) is 2.43. The molecule has 20 heavy (non-hydrogen) atoms. The van der Waals surface area contributed by atoms with Gasteiger partial charge in [-0.25, -0.2) is 0 Å². The second-order valence-corrected chi connectivity index (χ2v) is 4.60. The van der Waals surface area contributed by atoms with Crippen LogP contribution in [-0.4, -0.2) is 17.3 Å². The lowest BCUT2D eigenvalue weighted by molar-refractivity contribution is 0.864. The number of rotatable bonds is 4. The number of pyridine rings is 1. The molecule has 0 radical (unpaired) electrons. The predicted octanol–water partition coefficient (Wildman–Crippen LogP) is 2.56. The Morgan fingerprint density at radius 3 is 2.60 bits per heavy atom. The molecule has 0 aliphatic rings. The molecule has 5 heteroatoms. The number of aromatic nitrogens is 1. The molecule has 5 nitrogen and oxygen atoms in total. The zero-order valence-corrected chi connectivity index (χ0v) is 11.8. The summed E-state index contributed by atoms with van der Waals surface area (Å²) in [4.78, 5) is 11.8. The van der Waals surface area contributed by atoms with E-state index in [4.69, 9.17) is 5.41 Å². The Hall–Kier alpha value is -2.56. The van der Waals surface area contributed by atoms with Gasteiger partial charge in [0.2, 0.25) is 0 Å². The van der Waals surface area contributed by atoms with Crippen molar-refractivity contribution >= 4 is 22.8 Å². The van der Waals surface area contributed by atoms with E-state index in [2.05, 4.69) is 10.6 Å². The maximum absolute atomic E-state index is 11.8. The van der Waals surface area contributed by atoms with E-state index in [-0.39, 0.29) is 5.56 Å². The summed E-state index contributed by atoms with van der Waals surface area (Å²) in [7, 11) is 3.43. The maximum atomic E-state index is 11.8. The van der Waals surface area contributed by atoms with E-state index in [9.17, 15) is 4.79 Å². The molecule has 2 rings (SSSR count). The van der Waals surface area contributed by atoms with Crippen molar-refractivity contribution in [1.29, 1.82) is 5.41 Å². The Kier molecular flexibility index (Phi) is 3.89. The Morgan fingerprint density at radius 2 is 1.95 bits per heavy atom. The van der Waals surface area contributed by atoms with Crippen LogP contribution in [0.3, 0.4) is 0 Å². The average molecular weight is 270 g/mol. The summed E-state index contributed by atoms with van der Waals surface area (Å²) in [6.07, 6.45) is 1.74. The van der Waals surface area contributed by atoms with Crippen molar-refractivity contribution in [3.8, 4) is 0 Å². The summed E-state index contributed by atoms with van der Waals surface area (Å²) < 4.78 is 1.52. The molecule has 0 bridgehead atoms. The molecule has 0 aliphatic heterocycles. The first-order valence-electron chi connectivity index (χ1n) is 6.33. The molecule has 0 aliphatic carbocycles. The van der Waals surface area contributed by atoms with Gasteiger partial charge in [-0.15, -0.1) is 0 Å². The van der Waals surface area contributed by atoms with Crippen LogP contribution < -0.4 is 16.2 Å². The first kappa shape index (κ1) is 13.9. The molecule has 3 N–H and O–H groups in total. The third-order valence-electron chi connectivity index (χ3n) is 3.06. The monoisotopic (exact) mass is 270 g/mol. The number of benzene rings is 1. The Labute approximate surface area is 117 Å². The van der Waals surface area contributed by atoms with E-state index >= 15 is 0 Å². The Morgan fingerprint density at radius 1 is 1.25 bits per heavy atom. The molecule has 0 saturated heterocycles. The van der Waals surface area contributed by atoms with Crippen molar-refractivity contribution in [3.63, 3.8) is 0 Å². The summed E-state index contributed by atoms with van der Waals surface area (Å²) in [6.45, 7) is 1.75. The first-order chi connectivity index (χ1) is 9.52. The third-order valence-corrected chi connectivity index (χ3v) is 3.06. The fraction of sp³-hybridized carbons (Fsp3) is 0.200. The molecule has 1 heterocycles. The van der Waals surface area contributed by atoms with E-state index in [0.717, 1.165) is 16.9 Å². The van der Waals surface area contributed by atoms with Crippen molar-refractivity contribution < 1.29 is 0 Å². The lowest BCUT2D eigenvalue weighted by Gasteiger charge is -2.13. The molecule has 1 aromatic carbocycles. The number of hydrogen-bond acceptors (Lipinski definition) is 4. The molecule has 0 atom stereocenters. The van der Waals surface area contributed by atoms with Crippen LogP contribution in [0.25, 0.3) is 0 Å². The Bertz CT molecular complexity index is 703. The summed E-state index contributed by atoms with van der Waals surface area (Å²) in [5.41, 5.74) is 3.43. The molecule has 0 amide bonds. The SMILES string of the molecule is CNc1cc(Nc2ccccc2C(C)=N)cn(C)c1=O. The van der Waals surface area contributed by atoms with Crippen LogP contribution in [0.2, 0.25) is 0 Å². The molecule has 0 saturated carbocycles. The van der Waals surface area contributed by atoms with Crippen LogP contribution in [0.15, 0.2) is 41.3 Å². The van der Waals surface area contributed by atoms with Crippen LogP contribution in [0, 0.1) is 5.41 Å². The predicted molar refractivity (Wildman–Crippen MR) is 83.5 cm³/mol. The molecular weight excluding hydrogens is 252 g/mol. The zero-order valence-electron chi connectivity index (χ0n) is 11.8. The van der Waals surface area contributed by atoms with Gasteiger partial charge in [-0.05, 0) is 19.1 Å². The lowest BCUT2D eigenvalue weighted by atomic mass is 10.1. The van der Waals surface area contributed by atoms with Crippen molar-refractivity contribution in [1.82, 2.24) is 4.57 Å². The first-order valence-corrected chi connectivity index (χ1v) is 6.33. The second kappa shape index (κ2) is 5.61. The van der Waals surface area contributed by atoms with Crippen LogP contribution in [-0.2, 0) is 7.05 Å². The zero-order chi connectivity index (χ0) is 14.7. The van der Waals surface area contributed by atoms with Gasteiger partial charge in [0.15, 0.2) is 0 Å². The lowest BCUT2D eigenvalue weighted by Crippen LogP contribution is -2.19. The molecule has 1 aromatic heterocycles. The highest BCUT2D eigenvalue weighted by atomic mass is 16.1. The van der Waals surface area contributed by atoms with Crippen LogP contribution in [0.5, 0.6) is 0 Å². The topological polar surface area (TPSA) is 69.9 Å². The van der Waals surface area contributed by atoms with Gasteiger partial charge in [-0.2, -0.15) is 0 Å². The van der Waals surface area contributed by atoms with E-state index < -0.39 is 0 Å². The molecule has 0 unspecified atom stereocenters. The van der Waals surface area contributed by atoms with Gasteiger partial charge in [0.1, 0.15) is 5.69 Å². The summed E-state index contributed by atoms with van der Waals surface area (Å²) >= 11 is 0. The van der Waals surface area contributed by atoms with E-state index in [1.165, 1.54) is 4.57 Å². The normalized spacial score (nSPS) is 10.2. The summed E-state index contributed by atoms with van der Waals surface area (Å²) in [6, 6.07) is 9.38. The molecular formula is C15H18N4O. The quantitative estimate of drug-likeness (QED) is 0.748. The molecule has 104 valence electrons. The highest BCUT2D eigenvalue weighted by Crippen LogP contribution is 2.21. The van der Waals surface area contributed by atoms with Gasteiger partial charge >= 0.3 is 0 Å². The summed E-state index contributed by atoms with van der Waals surface area (Å²) in [5, 5.41) is 13.9.